The van der Waals surface area contributed by atoms with Gasteiger partial charge in [0.05, 0.1) is 0 Å². The first-order valence-electron chi connectivity index (χ1n) is 6.85. The number of benzene rings is 2. The smallest absolute Gasteiger partial charge is 0.120 e. The zero-order valence-corrected chi connectivity index (χ0v) is 12.1. The molecule has 2 aromatic carbocycles. The van der Waals surface area contributed by atoms with Crippen LogP contribution in [0.5, 0.6) is 5.75 Å². The van der Waals surface area contributed by atoms with Crippen LogP contribution < -0.4 is 16.2 Å². The van der Waals surface area contributed by atoms with Crippen molar-refractivity contribution in [1.82, 2.24) is 0 Å². The monoisotopic (exact) mass is 270 g/mol. The summed E-state index contributed by atoms with van der Waals surface area (Å²) in [6.07, 6.45) is 0. The van der Waals surface area contributed by atoms with E-state index in [4.69, 9.17) is 16.2 Å². The van der Waals surface area contributed by atoms with E-state index >= 15 is 0 Å². The van der Waals surface area contributed by atoms with Crippen molar-refractivity contribution in [1.29, 1.82) is 0 Å². The molecule has 0 radical (unpaired) electrons. The molecule has 0 fully saturated rings. The van der Waals surface area contributed by atoms with Crippen LogP contribution in [0.1, 0.15) is 28.3 Å². The molecule has 1 atom stereocenters. The highest BCUT2D eigenvalue weighted by Crippen LogP contribution is 2.26. The highest BCUT2D eigenvalue weighted by Gasteiger charge is 2.12. The highest BCUT2D eigenvalue weighted by molar-refractivity contribution is 5.43. The summed E-state index contributed by atoms with van der Waals surface area (Å²) >= 11 is 0. The van der Waals surface area contributed by atoms with E-state index < -0.39 is 0 Å². The summed E-state index contributed by atoms with van der Waals surface area (Å²) in [6.45, 7) is 5.12. The molecule has 0 spiro atoms. The summed E-state index contributed by atoms with van der Waals surface area (Å²) in [7, 11) is 0. The Hall–Kier alpha value is -1.84. The van der Waals surface area contributed by atoms with E-state index in [1.807, 2.05) is 44.2 Å². The maximum absolute atomic E-state index is 6.05. The van der Waals surface area contributed by atoms with Crippen molar-refractivity contribution in [3.63, 3.8) is 0 Å². The van der Waals surface area contributed by atoms with Crippen molar-refractivity contribution in [2.75, 3.05) is 6.54 Å². The molecule has 4 N–H and O–H groups in total. The summed E-state index contributed by atoms with van der Waals surface area (Å²) in [5.74, 6) is 0.872. The van der Waals surface area contributed by atoms with Gasteiger partial charge in [-0.25, -0.2) is 0 Å². The fourth-order valence-corrected chi connectivity index (χ4v) is 2.46. The Morgan fingerprint density at radius 1 is 1.05 bits per heavy atom. The van der Waals surface area contributed by atoms with Crippen molar-refractivity contribution in [2.24, 2.45) is 11.5 Å². The quantitative estimate of drug-likeness (QED) is 0.878. The van der Waals surface area contributed by atoms with Crippen LogP contribution in [0.3, 0.4) is 0 Å². The van der Waals surface area contributed by atoms with Crippen LogP contribution in [0.2, 0.25) is 0 Å². The molecular weight excluding hydrogens is 248 g/mol. The Kier molecular flexibility index (Phi) is 4.77. The molecule has 0 aliphatic carbocycles. The third kappa shape index (κ3) is 3.38. The Morgan fingerprint density at radius 2 is 1.65 bits per heavy atom. The van der Waals surface area contributed by atoms with Gasteiger partial charge in [-0.15, -0.1) is 0 Å². The molecule has 0 aliphatic rings. The Balaban J connectivity index is 2.14. The third-order valence-electron chi connectivity index (χ3n) is 3.44. The van der Waals surface area contributed by atoms with Crippen molar-refractivity contribution in [2.45, 2.75) is 26.5 Å². The molecule has 0 bridgehead atoms. The molecule has 1 unspecified atom stereocenters. The normalized spacial score (nSPS) is 12.2. The molecule has 0 amide bonds. The van der Waals surface area contributed by atoms with Crippen LogP contribution in [-0.2, 0) is 6.61 Å². The van der Waals surface area contributed by atoms with Gasteiger partial charge < -0.3 is 16.2 Å². The molecule has 0 saturated heterocycles. The molecule has 0 aliphatic heterocycles. The van der Waals surface area contributed by atoms with Crippen LogP contribution in [0.15, 0.2) is 42.5 Å². The van der Waals surface area contributed by atoms with Gasteiger partial charge in [-0.2, -0.15) is 0 Å². The predicted octanol–water partition coefficient (Wildman–Crippen LogP) is 2.84. The lowest BCUT2D eigenvalue weighted by atomic mass is 9.96. The zero-order chi connectivity index (χ0) is 14.5. The second-order valence-corrected chi connectivity index (χ2v) is 5.09. The Labute approximate surface area is 120 Å². The first-order valence-corrected chi connectivity index (χ1v) is 6.85. The number of rotatable bonds is 5. The Bertz CT molecular complexity index is 543. The highest BCUT2D eigenvalue weighted by atomic mass is 16.5. The molecule has 20 heavy (non-hydrogen) atoms. The average molecular weight is 270 g/mol. The van der Waals surface area contributed by atoms with Crippen LogP contribution >= 0.6 is 0 Å². The SMILES string of the molecule is Cc1cc(OCc2ccccc2)cc(C)c1C(N)CN. The molecule has 3 heteroatoms. The summed E-state index contributed by atoms with van der Waals surface area (Å²) in [4.78, 5) is 0. The Morgan fingerprint density at radius 3 is 2.20 bits per heavy atom. The molecule has 2 rings (SSSR count). The van der Waals surface area contributed by atoms with Crippen LogP contribution in [0.25, 0.3) is 0 Å². The topological polar surface area (TPSA) is 61.3 Å². The summed E-state index contributed by atoms with van der Waals surface area (Å²) in [5.41, 5.74) is 16.2. The fraction of sp³-hybridized carbons (Fsp3) is 0.294. The minimum Gasteiger partial charge on any atom is -0.489 e. The molecule has 0 saturated carbocycles. The van der Waals surface area contributed by atoms with E-state index in [-0.39, 0.29) is 6.04 Å². The summed E-state index contributed by atoms with van der Waals surface area (Å²) in [6, 6.07) is 14.1. The third-order valence-corrected chi connectivity index (χ3v) is 3.44. The lowest BCUT2D eigenvalue weighted by Gasteiger charge is -2.17. The van der Waals surface area contributed by atoms with Gasteiger partial charge in [0.2, 0.25) is 0 Å². The zero-order valence-electron chi connectivity index (χ0n) is 12.1. The number of aryl methyl sites for hydroxylation is 2. The molecular formula is C17H22N2O. The first kappa shape index (κ1) is 14.6. The van der Waals surface area contributed by atoms with Gasteiger partial charge in [0.25, 0.3) is 0 Å². The maximum Gasteiger partial charge on any atom is 0.120 e. The van der Waals surface area contributed by atoms with Gasteiger partial charge in [-0.3, -0.25) is 0 Å². The van der Waals surface area contributed by atoms with Gasteiger partial charge >= 0.3 is 0 Å². The van der Waals surface area contributed by atoms with Crippen LogP contribution in [-0.4, -0.2) is 6.54 Å². The van der Waals surface area contributed by atoms with Crippen LogP contribution in [0, 0.1) is 13.8 Å². The van der Waals surface area contributed by atoms with Crippen molar-refractivity contribution >= 4 is 0 Å². The average Bonchev–Trinajstić information content (AvgIpc) is 2.45. The van der Waals surface area contributed by atoms with Gasteiger partial charge in [0, 0.05) is 12.6 Å². The lowest BCUT2D eigenvalue weighted by molar-refractivity contribution is 0.305. The molecule has 106 valence electrons. The molecule has 0 aromatic heterocycles. The summed E-state index contributed by atoms with van der Waals surface area (Å²) < 4.78 is 5.85. The van der Waals surface area contributed by atoms with E-state index in [0.29, 0.717) is 13.2 Å². The van der Waals surface area contributed by atoms with E-state index in [2.05, 4.69) is 12.1 Å². The number of hydrogen-bond acceptors (Lipinski definition) is 3. The molecule has 2 aromatic rings. The second kappa shape index (κ2) is 6.55. The van der Waals surface area contributed by atoms with E-state index in [1.165, 1.54) is 0 Å². The van der Waals surface area contributed by atoms with E-state index in [0.717, 1.165) is 28.0 Å². The van der Waals surface area contributed by atoms with Gasteiger partial charge in [-0.05, 0) is 48.2 Å². The standard InChI is InChI=1S/C17H22N2O/c1-12-8-15(9-13(2)17(12)16(19)10-18)20-11-14-6-4-3-5-7-14/h3-9,16H,10-11,18-19H2,1-2H3. The number of nitrogens with two attached hydrogens (primary N) is 2. The van der Waals surface area contributed by atoms with Crippen molar-refractivity contribution in [3.8, 4) is 5.75 Å². The predicted molar refractivity (Wildman–Crippen MR) is 82.7 cm³/mol. The maximum atomic E-state index is 6.05. The van der Waals surface area contributed by atoms with Crippen molar-refractivity contribution < 1.29 is 4.74 Å². The van der Waals surface area contributed by atoms with E-state index in [1.54, 1.807) is 0 Å². The van der Waals surface area contributed by atoms with Gasteiger partial charge in [0.15, 0.2) is 0 Å². The van der Waals surface area contributed by atoms with Crippen molar-refractivity contribution in [3.05, 3.63) is 64.7 Å². The molecule has 3 nitrogen and oxygen atoms in total. The first-order chi connectivity index (χ1) is 9.61. The second-order valence-electron chi connectivity index (χ2n) is 5.09. The number of ether oxygens (including phenoxy) is 1. The van der Waals surface area contributed by atoms with Gasteiger partial charge in [0.1, 0.15) is 12.4 Å². The largest absolute Gasteiger partial charge is 0.489 e. The number of hydrogen-bond donors (Lipinski definition) is 2. The van der Waals surface area contributed by atoms with E-state index in [9.17, 15) is 0 Å². The minimum atomic E-state index is -0.113. The minimum absolute atomic E-state index is 0.113. The fourth-order valence-electron chi connectivity index (χ4n) is 2.46. The lowest BCUT2D eigenvalue weighted by Crippen LogP contribution is -2.22. The summed E-state index contributed by atoms with van der Waals surface area (Å²) in [5, 5.41) is 0. The molecule has 0 heterocycles. The van der Waals surface area contributed by atoms with Crippen LogP contribution in [0.4, 0.5) is 0 Å². The van der Waals surface area contributed by atoms with Gasteiger partial charge in [-0.1, -0.05) is 30.3 Å².